The van der Waals surface area contributed by atoms with Crippen molar-refractivity contribution in [1.82, 2.24) is 9.88 Å². The zero-order chi connectivity index (χ0) is 20.5. The maximum atomic E-state index is 11.9. The predicted molar refractivity (Wildman–Crippen MR) is 114 cm³/mol. The Bertz CT molecular complexity index is 1100. The molecule has 4 rings (SSSR count). The topological polar surface area (TPSA) is 90.1 Å². The first-order valence-electron chi connectivity index (χ1n) is 9.93. The van der Waals surface area contributed by atoms with Crippen LogP contribution in [0.3, 0.4) is 0 Å². The third-order valence-electron chi connectivity index (χ3n) is 5.38. The van der Waals surface area contributed by atoms with E-state index in [0.29, 0.717) is 17.3 Å². The van der Waals surface area contributed by atoms with Crippen LogP contribution < -0.4 is 10.6 Å². The van der Waals surface area contributed by atoms with Gasteiger partial charge in [0.1, 0.15) is 11.8 Å². The molecule has 3 aromatic rings. The Kier molecular flexibility index (Phi) is 4.89. The number of benzene rings is 2. The van der Waals surface area contributed by atoms with Crippen molar-refractivity contribution in [3.63, 3.8) is 0 Å². The lowest BCUT2D eigenvalue weighted by Gasteiger charge is -2.30. The van der Waals surface area contributed by atoms with Crippen molar-refractivity contribution in [2.24, 2.45) is 0 Å². The number of phenolic OH excluding ortho intramolecular Hbond substituents is 1. The van der Waals surface area contributed by atoms with Crippen LogP contribution in [0.25, 0.3) is 22.2 Å². The minimum atomic E-state index is -0.246. The summed E-state index contributed by atoms with van der Waals surface area (Å²) in [6, 6.07) is 15.2. The monoisotopic (exact) mass is 388 g/mol. The first-order valence-corrected chi connectivity index (χ1v) is 9.93. The Morgan fingerprint density at radius 1 is 1.21 bits per heavy atom. The minimum Gasteiger partial charge on any atom is -0.508 e. The summed E-state index contributed by atoms with van der Waals surface area (Å²) in [5.41, 5.74) is 3.98. The second-order valence-corrected chi connectivity index (χ2v) is 7.82. The van der Waals surface area contributed by atoms with Gasteiger partial charge in [-0.15, -0.1) is 0 Å². The second kappa shape index (κ2) is 7.51. The maximum Gasteiger partial charge on any atom is 0.319 e. The van der Waals surface area contributed by atoms with Gasteiger partial charge in [0.25, 0.3) is 0 Å². The number of carbonyl (C=O) groups excluding carboxylic acids is 1. The number of nitrogens with zero attached hydrogens (tertiary/aromatic N) is 2. The SMILES string of the molecule is CC(C)NC(=O)Nc1ccc(-c2c(C#N)c3ccc(O)cc3n2C2CCC2)cc1. The van der Waals surface area contributed by atoms with Gasteiger partial charge < -0.3 is 20.3 Å². The van der Waals surface area contributed by atoms with Gasteiger partial charge in [0.2, 0.25) is 0 Å². The van der Waals surface area contributed by atoms with Crippen molar-refractivity contribution in [1.29, 1.82) is 5.26 Å². The fraction of sp³-hybridized carbons (Fsp3) is 0.304. The number of nitriles is 1. The van der Waals surface area contributed by atoms with Gasteiger partial charge in [-0.2, -0.15) is 5.26 Å². The summed E-state index contributed by atoms with van der Waals surface area (Å²) in [7, 11) is 0. The molecule has 6 nitrogen and oxygen atoms in total. The summed E-state index contributed by atoms with van der Waals surface area (Å²) in [4.78, 5) is 11.9. The number of urea groups is 1. The molecule has 6 heteroatoms. The van der Waals surface area contributed by atoms with Crippen molar-refractivity contribution in [3.05, 3.63) is 48.0 Å². The van der Waals surface area contributed by atoms with Crippen molar-refractivity contribution in [2.45, 2.75) is 45.2 Å². The van der Waals surface area contributed by atoms with Crippen molar-refractivity contribution in [3.8, 4) is 23.1 Å². The Labute approximate surface area is 169 Å². The lowest BCUT2D eigenvalue weighted by Crippen LogP contribution is -2.34. The summed E-state index contributed by atoms with van der Waals surface area (Å²) in [6.45, 7) is 3.81. The van der Waals surface area contributed by atoms with Gasteiger partial charge in [0, 0.05) is 29.2 Å². The Morgan fingerprint density at radius 2 is 1.93 bits per heavy atom. The van der Waals surface area contributed by atoms with Crippen molar-refractivity contribution < 1.29 is 9.90 Å². The van der Waals surface area contributed by atoms with Gasteiger partial charge in [0.05, 0.1) is 16.8 Å². The molecule has 29 heavy (non-hydrogen) atoms. The van der Waals surface area contributed by atoms with Gasteiger partial charge in [0.15, 0.2) is 0 Å². The van der Waals surface area contributed by atoms with E-state index >= 15 is 0 Å². The first-order chi connectivity index (χ1) is 14.0. The smallest absolute Gasteiger partial charge is 0.319 e. The lowest BCUT2D eigenvalue weighted by atomic mass is 9.92. The largest absolute Gasteiger partial charge is 0.508 e. The number of rotatable bonds is 4. The minimum absolute atomic E-state index is 0.0575. The average Bonchev–Trinajstić information content (AvgIpc) is 2.93. The van der Waals surface area contributed by atoms with E-state index in [1.807, 2.05) is 44.2 Å². The molecule has 1 saturated carbocycles. The number of phenols is 1. The summed E-state index contributed by atoms with van der Waals surface area (Å²) in [5.74, 6) is 0.197. The van der Waals surface area contributed by atoms with Crippen LogP contribution in [0.15, 0.2) is 42.5 Å². The molecule has 1 aliphatic carbocycles. The third-order valence-corrected chi connectivity index (χ3v) is 5.38. The molecule has 3 N–H and O–H groups in total. The fourth-order valence-electron chi connectivity index (χ4n) is 3.86. The van der Waals surface area contributed by atoms with Crippen LogP contribution in [0, 0.1) is 11.3 Å². The van der Waals surface area contributed by atoms with E-state index in [1.165, 1.54) is 0 Å². The van der Waals surface area contributed by atoms with Crippen LogP contribution in [0.4, 0.5) is 10.5 Å². The quantitative estimate of drug-likeness (QED) is 0.578. The molecular weight excluding hydrogens is 364 g/mol. The number of anilines is 1. The van der Waals surface area contributed by atoms with Crippen LogP contribution in [-0.2, 0) is 0 Å². The van der Waals surface area contributed by atoms with Crippen LogP contribution in [0.1, 0.15) is 44.7 Å². The molecule has 2 amide bonds. The molecule has 1 aliphatic rings. The van der Waals surface area contributed by atoms with E-state index in [2.05, 4.69) is 21.3 Å². The van der Waals surface area contributed by atoms with Gasteiger partial charge in [-0.1, -0.05) is 12.1 Å². The zero-order valence-corrected chi connectivity index (χ0v) is 16.6. The van der Waals surface area contributed by atoms with Gasteiger partial charge >= 0.3 is 6.03 Å². The van der Waals surface area contributed by atoms with E-state index in [9.17, 15) is 15.2 Å². The normalized spacial score (nSPS) is 13.9. The molecule has 0 radical (unpaired) electrons. The number of carbonyl (C=O) groups is 1. The number of fused-ring (bicyclic) bond motifs is 1. The molecule has 1 fully saturated rings. The van der Waals surface area contributed by atoms with Gasteiger partial charge in [-0.3, -0.25) is 0 Å². The summed E-state index contributed by atoms with van der Waals surface area (Å²) in [5, 5.41) is 26.4. The molecule has 0 spiro atoms. The van der Waals surface area contributed by atoms with Gasteiger partial charge in [-0.25, -0.2) is 4.79 Å². The molecule has 0 atom stereocenters. The number of amides is 2. The lowest BCUT2D eigenvalue weighted by molar-refractivity contribution is 0.250. The Hall–Kier alpha value is -3.46. The van der Waals surface area contributed by atoms with Crippen molar-refractivity contribution >= 4 is 22.6 Å². The Balaban J connectivity index is 1.77. The molecule has 0 bridgehead atoms. The average molecular weight is 388 g/mol. The predicted octanol–water partition coefficient (Wildman–Crippen LogP) is 5.14. The molecule has 148 valence electrons. The fourth-order valence-corrected chi connectivity index (χ4v) is 3.86. The highest BCUT2D eigenvalue weighted by Gasteiger charge is 2.27. The van der Waals surface area contributed by atoms with E-state index < -0.39 is 0 Å². The molecule has 2 aromatic carbocycles. The van der Waals surface area contributed by atoms with Crippen LogP contribution in [0.2, 0.25) is 0 Å². The van der Waals surface area contributed by atoms with Crippen molar-refractivity contribution in [2.75, 3.05) is 5.32 Å². The number of aromatic nitrogens is 1. The van der Waals surface area contributed by atoms with Crippen LogP contribution >= 0.6 is 0 Å². The number of aromatic hydroxyl groups is 1. The molecule has 1 aromatic heterocycles. The number of nitrogens with one attached hydrogen (secondary N) is 2. The summed E-state index contributed by atoms with van der Waals surface area (Å²) < 4.78 is 2.20. The summed E-state index contributed by atoms with van der Waals surface area (Å²) >= 11 is 0. The third kappa shape index (κ3) is 3.52. The highest BCUT2D eigenvalue weighted by molar-refractivity contribution is 5.96. The second-order valence-electron chi connectivity index (χ2n) is 7.82. The maximum absolute atomic E-state index is 11.9. The highest BCUT2D eigenvalue weighted by Crippen LogP contribution is 2.43. The molecule has 0 unspecified atom stereocenters. The zero-order valence-electron chi connectivity index (χ0n) is 16.6. The van der Waals surface area contributed by atoms with E-state index in [4.69, 9.17) is 0 Å². The van der Waals surface area contributed by atoms with Crippen LogP contribution in [0.5, 0.6) is 5.75 Å². The molecule has 0 aliphatic heterocycles. The molecule has 0 saturated heterocycles. The number of hydrogen-bond donors (Lipinski definition) is 3. The standard InChI is InChI=1S/C23H24N4O2/c1-14(2)25-23(29)26-16-8-6-15(7-9-16)22-20(13-24)19-11-10-18(28)12-21(19)27(22)17-4-3-5-17/h6-12,14,17,28H,3-5H2,1-2H3,(H2,25,26,29). The highest BCUT2D eigenvalue weighted by atomic mass is 16.3. The van der Waals surface area contributed by atoms with E-state index in [-0.39, 0.29) is 17.8 Å². The molecule has 1 heterocycles. The molecular formula is C23H24N4O2. The van der Waals surface area contributed by atoms with Crippen LogP contribution in [-0.4, -0.2) is 21.7 Å². The van der Waals surface area contributed by atoms with E-state index in [1.54, 1.807) is 12.1 Å². The first kappa shape index (κ1) is 18.9. The van der Waals surface area contributed by atoms with Gasteiger partial charge in [-0.05, 0) is 62.9 Å². The summed E-state index contributed by atoms with van der Waals surface area (Å²) in [6.07, 6.45) is 3.29. The Morgan fingerprint density at radius 3 is 2.52 bits per heavy atom. The van der Waals surface area contributed by atoms with E-state index in [0.717, 1.165) is 41.4 Å². The number of hydrogen-bond acceptors (Lipinski definition) is 3.